The molecule has 0 radical (unpaired) electrons. The first kappa shape index (κ1) is 22.0. The highest BCUT2D eigenvalue weighted by molar-refractivity contribution is 8.26. The van der Waals surface area contributed by atoms with Crippen LogP contribution in [-0.4, -0.2) is 28.2 Å². The van der Waals surface area contributed by atoms with Crippen molar-refractivity contribution in [2.24, 2.45) is 0 Å². The summed E-state index contributed by atoms with van der Waals surface area (Å²) in [5.74, 6) is -0.403. The van der Waals surface area contributed by atoms with E-state index in [1.807, 2.05) is 11.4 Å². The average molecular weight is 506 g/mol. The molecule has 1 aliphatic heterocycles. The van der Waals surface area contributed by atoms with Crippen molar-refractivity contribution < 1.29 is 9.59 Å². The van der Waals surface area contributed by atoms with E-state index in [0.29, 0.717) is 35.7 Å². The molecule has 156 valence electrons. The second-order valence-corrected chi connectivity index (χ2v) is 9.85. The van der Waals surface area contributed by atoms with E-state index in [1.165, 1.54) is 28.0 Å². The Morgan fingerprint density at radius 2 is 1.90 bits per heavy atom. The Morgan fingerprint density at radius 1 is 1.16 bits per heavy atom. The Labute approximate surface area is 202 Å². The second-order valence-electron chi connectivity index (χ2n) is 6.48. The number of rotatable bonds is 4. The molecule has 2 aromatic carbocycles. The van der Waals surface area contributed by atoms with Crippen molar-refractivity contribution in [3.63, 3.8) is 0 Å². The maximum atomic E-state index is 12.9. The van der Waals surface area contributed by atoms with Crippen LogP contribution in [0.2, 0.25) is 10.0 Å². The quantitative estimate of drug-likeness (QED) is 0.354. The number of carbonyl (C=O) groups is 2. The maximum Gasteiger partial charge on any atom is 0.263 e. The number of thiocarbonyl (C=S) groups is 1. The molecule has 1 fully saturated rings. The number of hydrogen-bond acceptors (Lipinski definition) is 6. The van der Waals surface area contributed by atoms with E-state index in [-0.39, 0.29) is 11.8 Å². The molecule has 31 heavy (non-hydrogen) atoms. The number of amides is 2. The third-order valence-electron chi connectivity index (χ3n) is 4.40. The molecular weight excluding hydrogens is 493 g/mol. The van der Waals surface area contributed by atoms with Gasteiger partial charge in [-0.1, -0.05) is 65.4 Å². The highest BCUT2D eigenvalue weighted by Crippen LogP contribution is 2.32. The van der Waals surface area contributed by atoms with Gasteiger partial charge in [-0.15, -0.1) is 11.3 Å². The largest absolute Gasteiger partial charge is 0.307 e. The van der Waals surface area contributed by atoms with Gasteiger partial charge in [0, 0.05) is 23.6 Å². The topological polar surface area (TPSA) is 62.3 Å². The molecule has 0 saturated carbocycles. The molecule has 2 amide bonds. The van der Waals surface area contributed by atoms with Crippen molar-refractivity contribution in [3.05, 3.63) is 73.9 Å². The van der Waals surface area contributed by atoms with Crippen LogP contribution in [-0.2, 0) is 4.79 Å². The molecule has 4 rings (SSSR count). The van der Waals surface area contributed by atoms with Gasteiger partial charge in [0.15, 0.2) is 5.13 Å². The number of halogens is 2. The van der Waals surface area contributed by atoms with Crippen molar-refractivity contribution in [1.29, 1.82) is 0 Å². The summed E-state index contributed by atoms with van der Waals surface area (Å²) in [6.45, 7) is 0. The normalized spacial score (nSPS) is 14.7. The minimum absolute atomic E-state index is 0.191. The number of nitrogens with zero attached hydrogens (tertiary/aromatic N) is 2. The Balaban J connectivity index is 1.50. The van der Waals surface area contributed by atoms with Crippen LogP contribution in [0.1, 0.15) is 15.9 Å². The van der Waals surface area contributed by atoms with Crippen LogP contribution in [0.15, 0.2) is 52.7 Å². The van der Waals surface area contributed by atoms with Gasteiger partial charge in [0.1, 0.15) is 4.32 Å². The average Bonchev–Trinajstić information content (AvgIpc) is 3.36. The van der Waals surface area contributed by atoms with Gasteiger partial charge < -0.3 is 5.32 Å². The number of anilines is 1. The predicted octanol–water partition coefficient (Wildman–Crippen LogP) is 5.88. The van der Waals surface area contributed by atoms with Gasteiger partial charge >= 0.3 is 0 Å². The van der Waals surface area contributed by atoms with E-state index in [4.69, 9.17) is 35.4 Å². The molecule has 5 nitrogen and oxygen atoms in total. The van der Waals surface area contributed by atoms with Crippen LogP contribution in [0.5, 0.6) is 0 Å². The summed E-state index contributed by atoms with van der Waals surface area (Å²) in [7, 11) is 1.68. The van der Waals surface area contributed by atoms with E-state index in [0.717, 1.165) is 11.1 Å². The first-order chi connectivity index (χ1) is 14.8. The van der Waals surface area contributed by atoms with Crippen LogP contribution in [0, 0.1) is 0 Å². The highest BCUT2D eigenvalue weighted by Gasteiger charge is 2.22. The molecule has 2 heterocycles. The SMILES string of the molecule is CN(C(=O)c1ccc(C=C2SC(=S)NC2=O)cc1)c1nc(-c2ccc(Cl)c(Cl)c2)cs1. The summed E-state index contributed by atoms with van der Waals surface area (Å²) in [4.78, 5) is 31.3. The summed E-state index contributed by atoms with van der Waals surface area (Å²) in [6.07, 6.45) is 1.74. The standard InChI is InChI=1S/C21H13Cl2N3O2S3/c1-26(20-24-16(10-30-20)13-6-7-14(22)15(23)9-13)19(28)12-4-2-11(3-5-12)8-17-18(27)25-21(29)31-17/h2-10H,1H3,(H,25,27,29). The lowest BCUT2D eigenvalue weighted by Gasteiger charge is -2.14. The van der Waals surface area contributed by atoms with Crippen molar-refractivity contribution in [2.75, 3.05) is 11.9 Å². The Morgan fingerprint density at radius 3 is 2.55 bits per heavy atom. The van der Waals surface area contributed by atoms with E-state index in [2.05, 4.69) is 10.3 Å². The van der Waals surface area contributed by atoms with Gasteiger partial charge in [0.05, 0.1) is 20.6 Å². The monoisotopic (exact) mass is 505 g/mol. The van der Waals surface area contributed by atoms with Gasteiger partial charge in [-0.25, -0.2) is 4.98 Å². The van der Waals surface area contributed by atoms with Crippen molar-refractivity contribution in [2.45, 2.75) is 0 Å². The van der Waals surface area contributed by atoms with Gasteiger partial charge in [-0.3, -0.25) is 14.5 Å². The molecule has 0 spiro atoms. The van der Waals surface area contributed by atoms with Crippen molar-refractivity contribution >= 4 is 85.9 Å². The fraction of sp³-hybridized carbons (Fsp3) is 0.0476. The smallest absolute Gasteiger partial charge is 0.263 e. The lowest BCUT2D eigenvalue weighted by atomic mass is 10.1. The van der Waals surface area contributed by atoms with Gasteiger partial charge in [-0.2, -0.15) is 0 Å². The summed E-state index contributed by atoms with van der Waals surface area (Å²) in [5.41, 5.74) is 2.85. The molecule has 1 saturated heterocycles. The third kappa shape index (κ3) is 4.83. The molecule has 1 aromatic heterocycles. The Bertz CT molecular complexity index is 1240. The number of carbonyl (C=O) groups excluding carboxylic acids is 2. The molecule has 1 N–H and O–H groups in total. The van der Waals surface area contributed by atoms with Gasteiger partial charge in [0.2, 0.25) is 0 Å². The number of thiazole rings is 1. The first-order valence-electron chi connectivity index (χ1n) is 8.86. The number of benzene rings is 2. The molecule has 3 aromatic rings. The van der Waals surface area contributed by atoms with Crippen LogP contribution in [0.25, 0.3) is 17.3 Å². The fourth-order valence-electron chi connectivity index (χ4n) is 2.78. The Hall–Kier alpha value is -2.23. The summed E-state index contributed by atoms with van der Waals surface area (Å²) in [5, 5.41) is 5.92. The zero-order valence-corrected chi connectivity index (χ0v) is 19.8. The van der Waals surface area contributed by atoms with E-state index in [1.54, 1.807) is 49.5 Å². The van der Waals surface area contributed by atoms with Crippen molar-refractivity contribution in [3.8, 4) is 11.3 Å². The van der Waals surface area contributed by atoms with Crippen molar-refractivity contribution in [1.82, 2.24) is 10.3 Å². The number of thioether (sulfide) groups is 1. The molecule has 0 bridgehead atoms. The zero-order valence-electron chi connectivity index (χ0n) is 15.9. The van der Waals surface area contributed by atoms with Gasteiger partial charge in [0.25, 0.3) is 11.8 Å². The summed E-state index contributed by atoms with van der Waals surface area (Å²) in [6, 6.07) is 12.3. The highest BCUT2D eigenvalue weighted by atomic mass is 35.5. The molecular formula is C21H13Cl2N3O2S3. The van der Waals surface area contributed by atoms with Crippen LogP contribution < -0.4 is 10.2 Å². The predicted molar refractivity (Wildman–Crippen MR) is 133 cm³/mol. The molecule has 0 atom stereocenters. The minimum atomic E-state index is -0.212. The molecule has 10 heteroatoms. The van der Waals surface area contributed by atoms with Crippen LogP contribution in [0.3, 0.4) is 0 Å². The minimum Gasteiger partial charge on any atom is -0.307 e. The van der Waals surface area contributed by atoms with E-state index >= 15 is 0 Å². The van der Waals surface area contributed by atoms with E-state index in [9.17, 15) is 9.59 Å². The first-order valence-corrected chi connectivity index (χ1v) is 11.7. The zero-order chi connectivity index (χ0) is 22.1. The summed E-state index contributed by atoms with van der Waals surface area (Å²) >= 11 is 19.6. The number of aromatic nitrogens is 1. The number of nitrogens with one attached hydrogen (secondary N) is 1. The lowest BCUT2D eigenvalue weighted by Crippen LogP contribution is -2.26. The third-order valence-corrected chi connectivity index (χ3v) is 7.22. The Kier molecular flexibility index (Phi) is 6.45. The lowest BCUT2D eigenvalue weighted by molar-refractivity contribution is -0.115. The fourth-order valence-corrected chi connectivity index (χ4v) is 4.92. The number of hydrogen-bond donors (Lipinski definition) is 1. The molecule has 1 aliphatic rings. The van der Waals surface area contributed by atoms with Crippen LogP contribution >= 0.6 is 58.5 Å². The van der Waals surface area contributed by atoms with Crippen LogP contribution in [0.4, 0.5) is 5.13 Å². The second kappa shape index (κ2) is 9.10. The summed E-state index contributed by atoms with van der Waals surface area (Å²) < 4.78 is 0.438. The van der Waals surface area contributed by atoms with Gasteiger partial charge in [-0.05, 0) is 35.9 Å². The molecule has 0 unspecified atom stereocenters. The maximum absolute atomic E-state index is 12.9. The van der Waals surface area contributed by atoms with E-state index < -0.39 is 0 Å². The molecule has 0 aliphatic carbocycles.